The molecule has 0 aromatic heterocycles. The summed E-state index contributed by atoms with van der Waals surface area (Å²) in [5.74, 6) is 1.34. The van der Waals surface area contributed by atoms with Gasteiger partial charge in [0.05, 0.1) is 4.90 Å². The number of benzene rings is 4. The van der Waals surface area contributed by atoms with Gasteiger partial charge in [-0.25, -0.2) is 3.63 Å². The van der Waals surface area contributed by atoms with E-state index in [0.29, 0.717) is 31.9 Å². The second-order valence-electron chi connectivity index (χ2n) is 13.9. The molecule has 8 heteroatoms. The molecule has 4 aromatic carbocycles. The Hall–Kier alpha value is -3.46. The van der Waals surface area contributed by atoms with Gasteiger partial charge in [0.15, 0.2) is 0 Å². The highest BCUT2D eigenvalue weighted by molar-refractivity contribution is 8.33. The van der Waals surface area contributed by atoms with Crippen molar-refractivity contribution in [2.45, 2.75) is 106 Å². The van der Waals surface area contributed by atoms with Crippen LogP contribution in [0.1, 0.15) is 67.9 Å². The standard InChI is InChI=1S/C37H46O6S2/c1-27-21-23-31(24-22-27)45(38,39)43-44(29-17-13-11-14-18-29,30-19-15-12-16-20-30)34-32(41-36(5,6)7)25-28(40-35(2,3)4)26-33(34)42-37(8,9)10/h11-26H,1-10H3. The fourth-order valence-corrected chi connectivity index (χ4v) is 10.00. The second-order valence-corrected chi connectivity index (χ2v) is 18.3. The molecule has 0 unspecified atom stereocenters. The lowest BCUT2D eigenvalue weighted by molar-refractivity contribution is 0.105. The Morgan fingerprint density at radius 3 is 1.29 bits per heavy atom. The number of rotatable bonds is 9. The van der Waals surface area contributed by atoms with Crippen molar-refractivity contribution in [3.8, 4) is 17.2 Å². The summed E-state index contributed by atoms with van der Waals surface area (Å²) < 4.78 is 55.3. The van der Waals surface area contributed by atoms with E-state index in [0.717, 1.165) is 5.56 Å². The van der Waals surface area contributed by atoms with Gasteiger partial charge in [-0.3, -0.25) is 0 Å². The van der Waals surface area contributed by atoms with E-state index in [1.165, 1.54) is 0 Å². The van der Waals surface area contributed by atoms with E-state index >= 15 is 0 Å². The van der Waals surface area contributed by atoms with Crippen LogP contribution in [-0.2, 0) is 13.7 Å². The monoisotopic (exact) mass is 650 g/mol. The van der Waals surface area contributed by atoms with Crippen LogP contribution in [0.5, 0.6) is 17.2 Å². The number of hydrogen-bond acceptors (Lipinski definition) is 6. The summed E-state index contributed by atoms with van der Waals surface area (Å²) in [4.78, 5) is 1.87. The van der Waals surface area contributed by atoms with Crippen molar-refractivity contribution in [1.29, 1.82) is 0 Å². The molecule has 0 atom stereocenters. The Balaban J connectivity index is 2.22. The van der Waals surface area contributed by atoms with Gasteiger partial charge in [0.25, 0.3) is 0 Å². The minimum absolute atomic E-state index is 0.0566. The van der Waals surface area contributed by atoms with Crippen LogP contribution in [0, 0.1) is 6.92 Å². The van der Waals surface area contributed by atoms with Crippen molar-refractivity contribution in [3.05, 3.63) is 103 Å². The smallest absolute Gasteiger partial charge is 0.307 e. The summed E-state index contributed by atoms with van der Waals surface area (Å²) in [6.07, 6.45) is 0. The third kappa shape index (κ3) is 8.63. The fourth-order valence-electron chi connectivity index (χ4n) is 4.65. The topological polar surface area (TPSA) is 71.1 Å². The van der Waals surface area contributed by atoms with Crippen molar-refractivity contribution in [2.75, 3.05) is 0 Å². The van der Waals surface area contributed by atoms with Crippen molar-refractivity contribution < 1.29 is 26.3 Å². The predicted molar refractivity (Wildman–Crippen MR) is 182 cm³/mol. The maximum atomic E-state index is 14.4. The molecule has 0 bridgehead atoms. The highest BCUT2D eigenvalue weighted by atomic mass is 32.3. The van der Waals surface area contributed by atoms with E-state index in [1.54, 1.807) is 24.3 Å². The van der Waals surface area contributed by atoms with Crippen LogP contribution in [0.3, 0.4) is 0 Å². The Morgan fingerprint density at radius 1 is 0.511 bits per heavy atom. The molecule has 0 spiro atoms. The van der Waals surface area contributed by atoms with Crippen molar-refractivity contribution >= 4 is 20.4 Å². The number of ether oxygens (including phenoxy) is 3. The molecular formula is C37H46O6S2. The van der Waals surface area contributed by atoms with Crippen molar-refractivity contribution in [3.63, 3.8) is 0 Å². The average molecular weight is 651 g/mol. The molecule has 0 aliphatic carbocycles. The number of hydrogen-bond donors (Lipinski definition) is 0. The van der Waals surface area contributed by atoms with E-state index in [4.69, 9.17) is 17.8 Å². The molecule has 0 saturated heterocycles. The van der Waals surface area contributed by atoms with Gasteiger partial charge in [-0.2, -0.15) is 8.42 Å². The fraction of sp³-hybridized carbons (Fsp3) is 0.351. The van der Waals surface area contributed by atoms with E-state index in [9.17, 15) is 8.42 Å². The molecule has 0 aliphatic rings. The zero-order valence-electron chi connectivity index (χ0n) is 28.0. The van der Waals surface area contributed by atoms with Crippen LogP contribution in [-0.4, -0.2) is 25.2 Å². The first-order valence-electron chi connectivity index (χ1n) is 15.0. The third-order valence-electron chi connectivity index (χ3n) is 6.19. The van der Waals surface area contributed by atoms with E-state index in [-0.39, 0.29) is 4.90 Å². The minimum atomic E-state index is -4.34. The van der Waals surface area contributed by atoms with Crippen LogP contribution in [0.4, 0.5) is 0 Å². The predicted octanol–water partition coefficient (Wildman–Crippen LogP) is 10.1. The molecule has 0 N–H and O–H groups in total. The molecule has 6 nitrogen and oxygen atoms in total. The minimum Gasteiger partial charge on any atom is -0.488 e. The largest absolute Gasteiger partial charge is 0.488 e. The van der Waals surface area contributed by atoms with Crippen LogP contribution in [0.25, 0.3) is 0 Å². The zero-order valence-corrected chi connectivity index (χ0v) is 29.6. The van der Waals surface area contributed by atoms with E-state index in [1.807, 2.05) is 142 Å². The first-order valence-corrected chi connectivity index (χ1v) is 18.0. The summed E-state index contributed by atoms with van der Waals surface area (Å²) in [6, 6.07) is 29.2. The molecule has 4 aromatic rings. The average Bonchev–Trinajstić information content (AvgIpc) is 2.90. The quantitative estimate of drug-likeness (QED) is 0.180. The van der Waals surface area contributed by atoms with Crippen LogP contribution in [0.15, 0.2) is 117 Å². The van der Waals surface area contributed by atoms with Gasteiger partial charge in [0, 0.05) is 21.9 Å². The summed E-state index contributed by atoms with van der Waals surface area (Å²) in [5, 5.41) is 0. The summed E-state index contributed by atoms with van der Waals surface area (Å²) >= 11 is 0. The summed E-state index contributed by atoms with van der Waals surface area (Å²) in [6.45, 7) is 19.5. The van der Waals surface area contributed by atoms with Gasteiger partial charge < -0.3 is 14.2 Å². The molecule has 0 heterocycles. The molecule has 45 heavy (non-hydrogen) atoms. The Morgan fingerprint density at radius 2 is 0.911 bits per heavy atom. The second kappa shape index (κ2) is 12.7. The first kappa shape index (κ1) is 34.4. The van der Waals surface area contributed by atoms with Crippen LogP contribution >= 0.6 is 10.3 Å². The lowest BCUT2D eigenvalue weighted by atomic mass is 10.1. The van der Waals surface area contributed by atoms with Gasteiger partial charge >= 0.3 is 10.1 Å². The van der Waals surface area contributed by atoms with Crippen molar-refractivity contribution in [2.24, 2.45) is 0 Å². The van der Waals surface area contributed by atoms with Gasteiger partial charge in [0.1, 0.15) is 38.9 Å². The zero-order chi connectivity index (χ0) is 33.3. The Bertz CT molecular complexity index is 1620. The van der Waals surface area contributed by atoms with E-state index in [2.05, 4.69) is 0 Å². The van der Waals surface area contributed by atoms with Gasteiger partial charge in [0.2, 0.25) is 0 Å². The SMILES string of the molecule is Cc1ccc(S(=O)(=O)OS(c2ccccc2)(c2ccccc2)c2c(OC(C)(C)C)cc(OC(C)(C)C)cc2OC(C)(C)C)cc1. The van der Waals surface area contributed by atoms with Gasteiger partial charge in [-0.15, -0.1) is 0 Å². The highest BCUT2D eigenvalue weighted by Crippen LogP contribution is 2.75. The lowest BCUT2D eigenvalue weighted by Gasteiger charge is -2.42. The summed E-state index contributed by atoms with van der Waals surface area (Å²) in [7, 11) is -7.45. The molecule has 0 aliphatic heterocycles. The molecule has 242 valence electrons. The van der Waals surface area contributed by atoms with Gasteiger partial charge in [-0.05, 0) is 116 Å². The first-order chi connectivity index (χ1) is 20.8. The Labute approximate surface area is 271 Å². The molecular weight excluding hydrogens is 605 g/mol. The molecule has 0 saturated carbocycles. The van der Waals surface area contributed by atoms with Crippen LogP contribution in [0.2, 0.25) is 0 Å². The molecule has 0 fully saturated rings. The summed E-state index contributed by atoms with van der Waals surface area (Å²) in [5.41, 5.74) is -0.909. The van der Waals surface area contributed by atoms with Gasteiger partial charge in [-0.1, -0.05) is 54.1 Å². The molecule has 0 radical (unpaired) electrons. The molecule has 4 rings (SSSR count). The highest BCUT2D eigenvalue weighted by Gasteiger charge is 2.44. The maximum absolute atomic E-state index is 14.4. The Kier molecular flexibility index (Phi) is 9.74. The third-order valence-corrected chi connectivity index (χ3v) is 11.4. The lowest BCUT2D eigenvalue weighted by Crippen LogP contribution is -2.28. The normalized spacial score (nSPS) is 13.3. The van der Waals surface area contributed by atoms with Crippen LogP contribution < -0.4 is 14.2 Å². The van der Waals surface area contributed by atoms with Crippen molar-refractivity contribution in [1.82, 2.24) is 0 Å². The molecule has 0 amide bonds. The number of aryl methyl sites for hydroxylation is 1. The van der Waals surface area contributed by atoms with E-state index < -0.39 is 37.2 Å². The maximum Gasteiger partial charge on any atom is 0.307 e.